The molecule has 0 aliphatic rings. The molecular weight excluding hydrogens is 268 g/mol. The Morgan fingerprint density at radius 1 is 1.20 bits per heavy atom. The van der Waals surface area contributed by atoms with Gasteiger partial charge in [0.15, 0.2) is 0 Å². The van der Waals surface area contributed by atoms with Gasteiger partial charge in [0.2, 0.25) is 0 Å². The van der Waals surface area contributed by atoms with Gasteiger partial charge in [0.05, 0.1) is 11.9 Å². The summed E-state index contributed by atoms with van der Waals surface area (Å²) >= 11 is 1.77. The zero-order valence-corrected chi connectivity index (χ0v) is 13.9. The number of thiophene rings is 1. The smallest absolute Gasteiger partial charge is 0.146 e. The summed E-state index contributed by atoms with van der Waals surface area (Å²) in [5, 5.41) is 4.66. The van der Waals surface area contributed by atoms with E-state index >= 15 is 0 Å². The molecule has 2 heterocycles. The molecule has 0 atom stereocenters. The average molecular weight is 292 g/mol. The van der Waals surface area contributed by atoms with E-state index in [4.69, 9.17) is 9.97 Å². The van der Waals surface area contributed by atoms with E-state index in [1.54, 1.807) is 11.3 Å². The maximum Gasteiger partial charge on any atom is 0.146 e. The van der Waals surface area contributed by atoms with Crippen LogP contribution in [0.2, 0.25) is 0 Å². The van der Waals surface area contributed by atoms with Gasteiger partial charge in [-0.15, -0.1) is 11.3 Å². The highest BCUT2D eigenvalue weighted by atomic mass is 32.1. The van der Waals surface area contributed by atoms with E-state index in [1.165, 1.54) is 15.8 Å². The Balaban J connectivity index is 2.46. The molecule has 0 unspecified atom stereocenters. The van der Waals surface area contributed by atoms with E-state index in [9.17, 15) is 0 Å². The van der Waals surface area contributed by atoms with Crippen molar-refractivity contribution < 1.29 is 0 Å². The molecule has 2 rings (SSSR count). The second kappa shape index (κ2) is 6.50. The van der Waals surface area contributed by atoms with Gasteiger partial charge >= 0.3 is 0 Å². The molecule has 0 radical (unpaired) electrons. The van der Waals surface area contributed by atoms with Crippen molar-refractivity contribution in [3.63, 3.8) is 0 Å². The molecule has 0 aliphatic heterocycles. The lowest BCUT2D eigenvalue weighted by Crippen LogP contribution is -2.19. The molecule has 0 bridgehead atoms. The molecule has 4 nitrogen and oxygen atoms in total. The van der Waals surface area contributed by atoms with Crippen LogP contribution in [0.15, 0.2) is 0 Å². The lowest BCUT2D eigenvalue weighted by atomic mass is 10.2. The molecule has 0 amide bonds. The van der Waals surface area contributed by atoms with Crippen molar-refractivity contribution in [1.29, 1.82) is 0 Å². The fourth-order valence-electron chi connectivity index (χ4n) is 2.09. The lowest BCUT2D eigenvalue weighted by Gasteiger charge is -2.14. The molecular formula is C15H24N4S. The number of anilines is 1. The Morgan fingerprint density at radius 2 is 1.95 bits per heavy atom. The van der Waals surface area contributed by atoms with Gasteiger partial charge in [-0.3, -0.25) is 4.90 Å². The van der Waals surface area contributed by atoms with Crippen molar-refractivity contribution in [2.24, 2.45) is 0 Å². The number of fused-ring (bicyclic) bond motifs is 1. The zero-order chi connectivity index (χ0) is 14.7. The average Bonchev–Trinajstić information content (AvgIpc) is 2.71. The van der Waals surface area contributed by atoms with Gasteiger partial charge in [-0.25, -0.2) is 9.97 Å². The molecule has 110 valence electrons. The first-order valence-electron chi connectivity index (χ1n) is 7.25. The Kier molecular flexibility index (Phi) is 4.94. The Hall–Kier alpha value is -1.20. The van der Waals surface area contributed by atoms with E-state index in [2.05, 4.69) is 45.0 Å². The normalized spacial score (nSPS) is 11.5. The highest BCUT2D eigenvalue weighted by molar-refractivity contribution is 7.18. The first-order chi connectivity index (χ1) is 9.56. The molecule has 0 saturated heterocycles. The van der Waals surface area contributed by atoms with Gasteiger partial charge in [-0.05, 0) is 39.4 Å². The highest BCUT2D eigenvalue weighted by Crippen LogP contribution is 2.33. The van der Waals surface area contributed by atoms with Crippen molar-refractivity contribution in [2.75, 3.05) is 25.5 Å². The van der Waals surface area contributed by atoms with Gasteiger partial charge in [0.1, 0.15) is 16.5 Å². The quantitative estimate of drug-likeness (QED) is 0.883. The van der Waals surface area contributed by atoms with Gasteiger partial charge in [-0.2, -0.15) is 0 Å². The minimum Gasteiger partial charge on any atom is -0.369 e. The number of rotatable bonds is 6. The summed E-state index contributed by atoms with van der Waals surface area (Å²) in [6, 6.07) is 0. The monoisotopic (exact) mass is 292 g/mol. The minimum absolute atomic E-state index is 0.795. The van der Waals surface area contributed by atoms with Crippen LogP contribution < -0.4 is 5.32 Å². The number of aryl methyl sites for hydroxylation is 2. The van der Waals surface area contributed by atoms with Crippen LogP contribution in [0.4, 0.5) is 5.82 Å². The van der Waals surface area contributed by atoms with Crippen molar-refractivity contribution in [2.45, 2.75) is 40.7 Å². The van der Waals surface area contributed by atoms with Crippen LogP contribution in [0.1, 0.15) is 36.5 Å². The summed E-state index contributed by atoms with van der Waals surface area (Å²) in [7, 11) is 2.09. The number of hydrogen-bond donors (Lipinski definition) is 1. The van der Waals surface area contributed by atoms with Gasteiger partial charge in [0, 0.05) is 11.4 Å². The summed E-state index contributed by atoms with van der Waals surface area (Å²) in [5.41, 5.74) is 1.30. The Morgan fingerprint density at radius 3 is 2.60 bits per heavy atom. The molecule has 0 aromatic carbocycles. The molecule has 0 fully saturated rings. The third-order valence-corrected chi connectivity index (χ3v) is 4.67. The zero-order valence-electron chi connectivity index (χ0n) is 13.1. The first kappa shape index (κ1) is 15.2. The maximum absolute atomic E-state index is 4.74. The second-order valence-corrected chi connectivity index (χ2v) is 6.41. The number of hydrogen-bond acceptors (Lipinski definition) is 5. The predicted molar refractivity (Wildman–Crippen MR) is 87.7 cm³/mol. The van der Waals surface area contributed by atoms with E-state index in [0.717, 1.165) is 42.5 Å². The Labute approximate surface area is 125 Å². The van der Waals surface area contributed by atoms with Gasteiger partial charge in [0.25, 0.3) is 0 Å². The molecule has 2 aromatic rings. The Bertz CT molecular complexity index is 591. The van der Waals surface area contributed by atoms with Crippen molar-refractivity contribution >= 4 is 27.4 Å². The summed E-state index contributed by atoms with van der Waals surface area (Å²) in [4.78, 5) is 14.1. The predicted octanol–water partition coefficient (Wildman–Crippen LogP) is 3.58. The fraction of sp³-hybridized carbons (Fsp3) is 0.600. The largest absolute Gasteiger partial charge is 0.369 e. The van der Waals surface area contributed by atoms with E-state index in [0.29, 0.717) is 0 Å². The molecule has 0 spiro atoms. The molecule has 0 aliphatic carbocycles. The summed E-state index contributed by atoms with van der Waals surface area (Å²) in [6.45, 7) is 11.4. The third-order valence-electron chi connectivity index (χ3n) is 3.57. The van der Waals surface area contributed by atoms with Crippen LogP contribution >= 0.6 is 11.3 Å². The van der Waals surface area contributed by atoms with E-state index in [-0.39, 0.29) is 0 Å². The van der Waals surface area contributed by atoms with Crippen molar-refractivity contribution in [1.82, 2.24) is 14.9 Å². The standard InChI is InChI=1S/C15H24N4S/c1-6-8-16-14-13-10(3)11(4)20-15(13)18-12(17-14)9-19(5)7-2/h6-9H2,1-5H3,(H,16,17,18). The maximum atomic E-state index is 4.74. The number of nitrogens with one attached hydrogen (secondary N) is 1. The highest BCUT2D eigenvalue weighted by Gasteiger charge is 2.14. The van der Waals surface area contributed by atoms with Crippen molar-refractivity contribution in [3.05, 3.63) is 16.3 Å². The van der Waals surface area contributed by atoms with Crippen LogP contribution in [0.25, 0.3) is 10.2 Å². The van der Waals surface area contributed by atoms with Gasteiger partial charge < -0.3 is 5.32 Å². The topological polar surface area (TPSA) is 41.1 Å². The SMILES string of the molecule is CCCNc1nc(CN(C)CC)nc2sc(C)c(C)c12. The lowest BCUT2D eigenvalue weighted by molar-refractivity contribution is 0.337. The third kappa shape index (κ3) is 3.10. The van der Waals surface area contributed by atoms with Crippen LogP contribution in [0.5, 0.6) is 0 Å². The summed E-state index contributed by atoms with van der Waals surface area (Å²) < 4.78 is 0. The second-order valence-electron chi connectivity index (χ2n) is 5.21. The number of nitrogens with zero attached hydrogens (tertiary/aromatic N) is 3. The van der Waals surface area contributed by atoms with Gasteiger partial charge in [-0.1, -0.05) is 13.8 Å². The first-order valence-corrected chi connectivity index (χ1v) is 8.07. The molecule has 2 aromatic heterocycles. The van der Waals surface area contributed by atoms with Crippen molar-refractivity contribution in [3.8, 4) is 0 Å². The summed E-state index contributed by atoms with van der Waals surface area (Å²) in [6.07, 6.45) is 1.10. The minimum atomic E-state index is 0.795. The van der Waals surface area contributed by atoms with Crippen LogP contribution in [-0.4, -0.2) is 35.0 Å². The molecule has 5 heteroatoms. The molecule has 0 saturated carbocycles. The van der Waals surface area contributed by atoms with Crippen LogP contribution in [0.3, 0.4) is 0 Å². The molecule has 20 heavy (non-hydrogen) atoms. The molecule has 1 N–H and O–H groups in total. The van der Waals surface area contributed by atoms with E-state index < -0.39 is 0 Å². The summed E-state index contributed by atoms with van der Waals surface area (Å²) in [5.74, 6) is 1.90. The van der Waals surface area contributed by atoms with Crippen LogP contribution in [-0.2, 0) is 6.54 Å². The van der Waals surface area contributed by atoms with E-state index in [1.807, 2.05) is 0 Å². The van der Waals surface area contributed by atoms with Crippen LogP contribution in [0, 0.1) is 13.8 Å². The fourth-order valence-corrected chi connectivity index (χ4v) is 3.14. The number of aromatic nitrogens is 2.